The van der Waals surface area contributed by atoms with Gasteiger partial charge in [0.1, 0.15) is 11.5 Å². The number of hydrogen-bond acceptors (Lipinski definition) is 6. The van der Waals surface area contributed by atoms with Crippen LogP contribution in [0.15, 0.2) is 12.1 Å². The standard InChI is InChI=1S/C10H8F3N5O/c1-19-10-17-8(14)16-9(18-10)15-7-5(12)2-4(11)3-6(7)13/h2-3H,1H3,(H3,14,15,16,17,18). The van der Waals surface area contributed by atoms with Gasteiger partial charge in [-0.15, -0.1) is 0 Å². The van der Waals surface area contributed by atoms with Gasteiger partial charge < -0.3 is 15.8 Å². The molecule has 0 amide bonds. The van der Waals surface area contributed by atoms with Crippen LogP contribution in [0.4, 0.5) is 30.8 Å². The molecule has 0 unspecified atom stereocenters. The molecule has 19 heavy (non-hydrogen) atoms. The lowest BCUT2D eigenvalue weighted by Gasteiger charge is -2.08. The van der Waals surface area contributed by atoms with E-state index in [1.54, 1.807) is 0 Å². The van der Waals surface area contributed by atoms with Crippen molar-refractivity contribution in [2.45, 2.75) is 0 Å². The molecule has 0 aliphatic carbocycles. The summed E-state index contributed by atoms with van der Waals surface area (Å²) in [5, 5.41) is 2.24. The lowest BCUT2D eigenvalue weighted by atomic mass is 10.3. The highest BCUT2D eigenvalue weighted by Crippen LogP contribution is 2.23. The number of aromatic nitrogens is 3. The number of halogens is 3. The van der Waals surface area contributed by atoms with Crippen LogP contribution in [0.5, 0.6) is 6.01 Å². The average molecular weight is 271 g/mol. The Morgan fingerprint density at radius 2 is 1.74 bits per heavy atom. The SMILES string of the molecule is COc1nc(N)nc(Nc2c(F)cc(F)cc2F)n1. The summed E-state index contributed by atoms with van der Waals surface area (Å²) < 4.78 is 44.3. The van der Waals surface area contributed by atoms with Crippen LogP contribution in [0.2, 0.25) is 0 Å². The minimum absolute atomic E-state index is 0.127. The molecule has 2 rings (SSSR count). The van der Waals surface area contributed by atoms with E-state index >= 15 is 0 Å². The van der Waals surface area contributed by atoms with Crippen LogP contribution in [0.3, 0.4) is 0 Å². The first-order valence-corrected chi connectivity index (χ1v) is 4.96. The number of nitrogens with one attached hydrogen (secondary N) is 1. The molecule has 100 valence electrons. The maximum Gasteiger partial charge on any atom is 0.322 e. The van der Waals surface area contributed by atoms with Crippen LogP contribution in [-0.4, -0.2) is 22.1 Å². The van der Waals surface area contributed by atoms with Crippen molar-refractivity contribution in [2.24, 2.45) is 0 Å². The smallest absolute Gasteiger partial charge is 0.322 e. The highest BCUT2D eigenvalue weighted by atomic mass is 19.1. The molecular formula is C10H8F3N5O. The van der Waals surface area contributed by atoms with Gasteiger partial charge in [0.25, 0.3) is 0 Å². The molecule has 0 spiro atoms. The maximum atomic E-state index is 13.4. The Kier molecular flexibility index (Phi) is 3.36. The quantitative estimate of drug-likeness (QED) is 0.882. The predicted octanol–water partition coefficient (Wildman–Crippen LogP) is 1.62. The number of rotatable bonds is 3. The highest BCUT2D eigenvalue weighted by Gasteiger charge is 2.14. The Morgan fingerprint density at radius 1 is 1.11 bits per heavy atom. The molecule has 0 bridgehead atoms. The van der Waals surface area contributed by atoms with E-state index in [0.717, 1.165) is 0 Å². The van der Waals surface area contributed by atoms with Crippen molar-refractivity contribution in [3.8, 4) is 6.01 Å². The van der Waals surface area contributed by atoms with Gasteiger partial charge in [-0.05, 0) is 0 Å². The third-order valence-electron chi connectivity index (χ3n) is 2.06. The van der Waals surface area contributed by atoms with Crippen molar-refractivity contribution in [1.82, 2.24) is 15.0 Å². The third-order valence-corrected chi connectivity index (χ3v) is 2.06. The van der Waals surface area contributed by atoms with E-state index < -0.39 is 23.1 Å². The number of nitrogens with two attached hydrogens (primary N) is 1. The average Bonchev–Trinajstić information content (AvgIpc) is 2.33. The van der Waals surface area contributed by atoms with Gasteiger partial charge in [-0.1, -0.05) is 0 Å². The monoisotopic (exact) mass is 271 g/mol. The second-order valence-electron chi connectivity index (χ2n) is 3.37. The predicted molar refractivity (Wildman–Crippen MR) is 60.4 cm³/mol. The highest BCUT2D eigenvalue weighted by molar-refractivity contribution is 5.55. The Bertz CT molecular complexity index is 599. The molecule has 0 saturated heterocycles. The number of nitrogen functional groups attached to an aromatic ring is 1. The number of methoxy groups -OCH3 is 1. The van der Waals surface area contributed by atoms with Crippen molar-refractivity contribution in [3.63, 3.8) is 0 Å². The fourth-order valence-corrected chi connectivity index (χ4v) is 1.29. The van der Waals surface area contributed by atoms with E-state index in [-0.39, 0.29) is 17.9 Å². The van der Waals surface area contributed by atoms with Crippen molar-refractivity contribution in [3.05, 3.63) is 29.6 Å². The molecule has 2 aromatic rings. The summed E-state index contributed by atoms with van der Waals surface area (Å²) >= 11 is 0. The fourth-order valence-electron chi connectivity index (χ4n) is 1.29. The molecule has 1 aromatic carbocycles. The lowest BCUT2D eigenvalue weighted by molar-refractivity contribution is 0.380. The molecule has 1 heterocycles. The number of anilines is 3. The first-order valence-electron chi connectivity index (χ1n) is 4.96. The van der Waals surface area contributed by atoms with E-state index in [0.29, 0.717) is 12.1 Å². The molecule has 1 aromatic heterocycles. The first kappa shape index (κ1) is 12.9. The van der Waals surface area contributed by atoms with Gasteiger partial charge >= 0.3 is 6.01 Å². The van der Waals surface area contributed by atoms with Crippen molar-refractivity contribution < 1.29 is 17.9 Å². The van der Waals surface area contributed by atoms with E-state index in [1.165, 1.54) is 7.11 Å². The van der Waals surface area contributed by atoms with Gasteiger partial charge in [0, 0.05) is 12.1 Å². The number of hydrogen-bond donors (Lipinski definition) is 2. The van der Waals surface area contributed by atoms with E-state index in [1.807, 2.05) is 0 Å². The summed E-state index contributed by atoms with van der Waals surface area (Å²) in [6, 6.07) is 0.915. The summed E-state index contributed by atoms with van der Waals surface area (Å²) in [5.41, 5.74) is 4.76. The van der Waals surface area contributed by atoms with Gasteiger partial charge in [0.2, 0.25) is 11.9 Å². The van der Waals surface area contributed by atoms with E-state index in [4.69, 9.17) is 10.5 Å². The zero-order chi connectivity index (χ0) is 14.0. The maximum absolute atomic E-state index is 13.4. The van der Waals surface area contributed by atoms with Crippen molar-refractivity contribution >= 4 is 17.6 Å². The molecule has 3 N–H and O–H groups in total. The Morgan fingerprint density at radius 3 is 2.32 bits per heavy atom. The lowest BCUT2D eigenvalue weighted by Crippen LogP contribution is -2.07. The van der Waals surface area contributed by atoms with Gasteiger partial charge in [0.15, 0.2) is 11.6 Å². The summed E-state index contributed by atoms with van der Waals surface area (Å²) in [6.07, 6.45) is 0. The Hall–Kier alpha value is -2.58. The van der Waals surface area contributed by atoms with Crippen LogP contribution in [0.1, 0.15) is 0 Å². The minimum Gasteiger partial charge on any atom is -0.467 e. The molecule has 9 heteroatoms. The normalized spacial score (nSPS) is 10.3. The second kappa shape index (κ2) is 4.96. The molecule has 0 atom stereocenters. The van der Waals surface area contributed by atoms with Crippen molar-refractivity contribution in [1.29, 1.82) is 0 Å². The van der Waals surface area contributed by atoms with E-state index in [2.05, 4.69) is 20.3 Å². The van der Waals surface area contributed by atoms with Gasteiger partial charge in [-0.2, -0.15) is 15.0 Å². The molecule has 0 radical (unpaired) electrons. The van der Waals surface area contributed by atoms with Gasteiger partial charge in [-0.3, -0.25) is 0 Å². The van der Waals surface area contributed by atoms with E-state index in [9.17, 15) is 13.2 Å². The number of benzene rings is 1. The van der Waals surface area contributed by atoms with Crippen LogP contribution in [-0.2, 0) is 0 Å². The molecule has 0 aliphatic heterocycles. The molecule has 6 nitrogen and oxygen atoms in total. The zero-order valence-electron chi connectivity index (χ0n) is 9.62. The molecule has 0 saturated carbocycles. The van der Waals surface area contributed by atoms with Gasteiger partial charge in [0.05, 0.1) is 7.11 Å². The largest absolute Gasteiger partial charge is 0.467 e. The Balaban J connectivity index is 2.39. The van der Waals surface area contributed by atoms with Crippen LogP contribution < -0.4 is 15.8 Å². The first-order chi connectivity index (χ1) is 8.99. The van der Waals surface area contributed by atoms with Crippen LogP contribution in [0, 0.1) is 17.5 Å². The molecule has 0 fully saturated rings. The van der Waals surface area contributed by atoms with Crippen LogP contribution in [0.25, 0.3) is 0 Å². The molecule has 0 aliphatic rings. The summed E-state index contributed by atoms with van der Waals surface area (Å²) in [5.74, 6) is -3.72. The topological polar surface area (TPSA) is 86.0 Å². The second-order valence-corrected chi connectivity index (χ2v) is 3.37. The molecular weight excluding hydrogens is 263 g/mol. The summed E-state index contributed by atoms with van der Waals surface area (Å²) in [7, 11) is 1.29. The number of ether oxygens (including phenoxy) is 1. The van der Waals surface area contributed by atoms with Crippen LogP contribution >= 0.6 is 0 Å². The summed E-state index contributed by atoms with van der Waals surface area (Å²) in [4.78, 5) is 10.9. The fraction of sp³-hybridized carbons (Fsp3) is 0.100. The Labute approximate surface area is 105 Å². The third kappa shape index (κ3) is 2.81. The van der Waals surface area contributed by atoms with Crippen molar-refractivity contribution in [2.75, 3.05) is 18.2 Å². The number of nitrogens with zero attached hydrogens (tertiary/aromatic N) is 3. The minimum atomic E-state index is -1.13. The summed E-state index contributed by atoms with van der Waals surface area (Å²) in [6.45, 7) is 0. The zero-order valence-corrected chi connectivity index (χ0v) is 9.62. The van der Waals surface area contributed by atoms with Gasteiger partial charge in [-0.25, -0.2) is 13.2 Å².